The van der Waals surface area contributed by atoms with Gasteiger partial charge in [-0.2, -0.15) is 0 Å². The highest BCUT2D eigenvalue weighted by Crippen LogP contribution is 2.33. The van der Waals surface area contributed by atoms with Crippen LogP contribution in [0.15, 0.2) is 40.9 Å². The van der Waals surface area contributed by atoms with Gasteiger partial charge in [-0.05, 0) is 36.4 Å². The summed E-state index contributed by atoms with van der Waals surface area (Å²) in [7, 11) is 0. The SMILES string of the molecule is Nc1ccc2nc(Nc3cc(Br)ccc3Cl)sc2c1. The Kier molecular flexibility index (Phi) is 3.35. The highest BCUT2D eigenvalue weighted by atomic mass is 79.9. The molecule has 6 heteroatoms. The first-order chi connectivity index (χ1) is 9.11. The van der Waals surface area contributed by atoms with Crippen molar-refractivity contribution in [3.63, 3.8) is 0 Å². The molecule has 0 spiro atoms. The molecule has 0 unspecified atom stereocenters. The van der Waals surface area contributed by atoms with Crippen molar-refractivity contribution in [3.05, 3.63) is 45.9 Å². The summed E-state index contributed by atoms with van der Waals surface area (Å²) in [5, 5.41) is 4.67. The molecule has 2 aromatic carbocycles. The molecular weight excluding hydrogens is 346 g/mol. The second kappa shape index (κ2) is 5.00. The van der Waals surface area contributed by atoms with E-state index in [-0.39, 0.29) is 0 Å². The number of fused-ring (bicyclic) bond motifs is 1. The summed E-state index contributed by atoms with van der Waals surface area (Å²) in [5.74, 6) is 0. The van der Waals surface area contributed by atoms with Crippen LogP contribution in [0.5, 0.6) is 0 Å². The van der Waals surface area contributed by atoms with Crippen LogP contribution in [0.1, 0.15) is 0 Å². The molecule has 19 heavy (non-hydrogen) atoms. The van der Waals surface area contributed by atoms with Crippen molar-refractivity contribution >= 4 is 65.6 Å². The highest BCUT2D eigenvalue weighted by molar-refractivity contribution is 9.10. The molecule has 0 aliphatic heterocycles. The van der Waals surface area contributed by atoms with Crippen molar-refractivity contribution < 1.29 is 0 Å². The Morgan fingerprint density at radius 2 is 2.05 bits per heavy atom. The van der Waals surface area contributed by atoms with Crippen LogP contribution in [0.25, 0.3) is 10.2 Å². The van der Waals surface area contributed by atoms with Crippen molar-refractivity contribution in [3.8, 4) is 0 Å². The van der Waals surface area contributed by atoms with Gasteiger partial charge >= 0.3 is 0 Å². The van der Waals surface area contributed by atoms with Gasteiger partial charge < -0.3 is 11.1 Å². The van der Waals surface area contributed by atoms with Gasteiger partial charge in [0.1, 0.15) is 0 Å². The minimum absolute atomic E-state index is 0.655. The molecule has 3 rings (SSSR count). The fourth-order valence-electron chi connectivity index (χ4n) is 1.70. The monoisotopic (exact) mass is 353 g/mol. The van der Waals surface area contributed by atoms with Crippen LogP contribution in [0, 0.1) is 0 Å². The summed E-state index contributed by atoms with van der Waals surface area (Å²) < 4.78 is 2.01. The zero-order valence-corrected chi connectivity index (χ0v) is 12.8. The van der Waals surface area contributed by atoms with Gasteiger partial charge in [-0.3, -0.25) is 0 Å². The van der Waals surface area contributed by atoms with Crippen LogP contribution >= 0.6 is 38.9 Å². The third kappa shape index (κ3) is 2.68. The van der Waals surface area contributed by atoms with E-state index in [0.717, 1.165) is 31.2 Å². The van der Waals surface area contributed by atoms with Crippen LogP contribution in [-0.2, 0) is 0 Å². The standard InChI is InChI=1S/C13H9BrClN3S/c14-7-1-3-9(15)11(5-7)18-13-17-10-4-2-8(16)6-12(10)19-13/h1-6H,16H2,(H,17,18). The maximum Gasteiger partial charge on any atom is 0.188 e. The lowest BCUT2D eigenvalue weighted by Gasteiger charge is -2.05. The number of thiazole rings is 1. The van der Waals surface area contributed by atoms with Crippen LogP contribution in [0.3, 0.4) is 0 Å². The van der Waals surface area contributed by atoms with Crippen molar-refractivity contribution in [2.45, 2.75) is 0 Å². The number of rotatable bonds is 2. The first-order valence-corrected chi connectivity index (χ1v) is 7.49. The number of halogens is 2. The second-order valence-electron chi connectivity index (χ2n) is 4.00. The predicted octanol–water partition coefficient (Wildman–Crippen LogP) is 5.04. The number of nitrogens with one attached hydrogen (secondary N) is 1. The van der Waals surface area contributed by atoms with Gasteiger partial charge in [0.25, 0.3) is 0 Å². The van der Waals surface area contributed by atoms with Crippen molar-refractivity contribution in [2.75, 3.05) is 11.1 Å². The Hall–Kier alpha value is -1.30. The summed E-state index contributed by atoms with van der Waals surface area (Å²) in [5.41, 5.74) is 8.25. The molecule has 3 aromatic rings. The zero-order valence-electron chi connectivity index (χ0n) is 9.65. The average Bonchev–Trinajstić information content (AvgIpc) is 2.75. The quantitative estimate of drug-likeness (QED) is 0.634. The van der Waals surface area contributed by atoms with Crippen LogP contribution in [-0.4, -0.2) is 4.98 Å². The van der Waals surface area contributed by atoms with Crippen LogP contribution in [0.4, 0.5) is 16.5 Å². The number of benzene rings is 2. The summed E-state index contributed by atoms with van der Waals surface area (Å²) in [4.78, 5) is 4.50. The minimum atomic E-state index is 0.655. The summed E-state index contributed by atoms with van der Waals surface area (Å²) in [6.45, 7) is 0. The Morgan fingerprint density at radius 1 is 1.21 bits per heavy atom. The average molecular weight is 355 g/mol. The van der Waals surface area contributed by atoms with Gasteiger partial charge in [-0.1, -0.05) is 38.9 Å². The number of anilines is 3. The molecule has 0 aliphatic carbocycles. The Balaban J connectivity index is 1.98. The van der Waals surface area contributed by atoms with Crippen LogP contribution in [0.2, 0.25) is 5.02 Å². The molecule has 0 bridgehead atoms. The van der Waals surface area contributed by atoms with Gasteiger partial charge in [-0.25, -0.2) is 4.98 Å². The molecule has 0 amide bonds. The number of hydrogen-bond donors (Lipinski definition) is 2. The molecule has 3 nitrogen and oxygen atoms in total. The van der Waals surface area contributed by atoms with Gasteiger partial charge in [0.2, 0.25) is 0 Å². The predicted molar refractivity (Wildman–Crippen MR) is 86.5 cm³/mol. The van der Waals surface area contributed by atoms with E-state index in [1.54, 1.807) is 11.3 Å². The van der Waals surface area contributed by atoms with Gasteiger partial charge in [0, 0.05) is 10.2 Å². The number of nitrogens with zero attached hydrogens (tertiary/aromatic N) is 1. The van der Waals surface area contributed by atoms with E-state index in [0.29, 0.717) is 5.02 Å². The van der Waals surface area contributed by atoms with Crippen molar-refractivity contribution in [1.29, 1.82) is 0 Å². The molecule has 96 valence electrons. The van der Waals surface area contributed by atoms with E-state index in [9.17, 15) is 0 Å². The molecule has 0 saturated heterocycles. The highest BCUT2D eigenvalue weighted by Gasteiger charge is 2.07. The fraction of sp³-hybridized carbons (Fsp3) is 0. The zero-order chi connectivity index (χ0) is 13.4. The van der Waals surface area contributed by atoms with E-state index in [2.05, 4.69) is 26.2 Å². The third-order valence-corrected chi connectivity index (χ3v) is 4.34. The largest absolute Gasteiger partial charge is 0.399 e. The van der Waals surface area contributed by atoms with Crippen molar-refractivity contribution in [2.24, 2.45) is 0 Å². The van der Waals surface area contributed by atoms with E-state index in [4.69, 9.17) is 17.3 Å². The molecule has 0 fully saturated rings. The van der Waals surface area contributed by atoms with Crippen molar-refractivity contribution in [1.82, 2.24) is 4.98 Å². The van der Waals surface area contributed by atoms with Crippen LogP contribution < -0.4 is 11.1 Å². The Bertz CT molecular complexity index is 757. The normalized spacial score (nSPS) is 10.8. The lowest BCUT2D eigenvalue weighted by molar-refractivity contribution is 1.44. The Labute approximate surface area is 127 Å². The van der Waals surface area contributed by atoms with E-state index < -0.39 is 0 Å². The summed E-state index contributed by atoms with van der Waals surface area (Å²) in [6, 6.07) is 11.3. The van der Waals surface area contributed by atoms with E-state index in [1.807, 2.05) is 36.4 Å². The molecular formula is C13H9BrClN3S. The van der Waals surface area contributed by atoms with E-state index >= 15 is 0 Å². The summed E-state index contributed by atoms with van der Waals surface area (Å²) >= 11 is 11.1. The maximum absolute atomic E-state index is 6.14. The Morgan fingerprint density at radius 3 is 2.89 bits per heavy atom. The number of nitrogens with two attached hydrogens (primary N) is 1. The molecule has 0 saturated carbocycles. The maximum atomic E-state index is 6.14. The van der Waals surface area contributed by atoms with E-state index in [1.165, 1.54) is 0 Å². The second-order valence-corrected chi connectivity index (χ2v) is 6.35. The number of hydrogen-bond acceptors (Lipinski definition) is 4. The minimum Gasteiger partial charge on any atom is -0.399 e. The number of aromatic nitrogens is 1. The molecule has 1 heterocycles. The summed E-state index contributed by atoms with van der Waals surface area (Å²) in [6.07, 6.45) is 0. The van der Waals surface area contributed by atoms with Gasteiger partial charge in [-0.15, -0.1) is 0 Å². The van der Waals surface area contributed by atoms with Gasteiger partial charge in [0.15, 0.2) is 5.13 Å². The first kappa shape index (κ1) is 12.7. The first-order valence-electron chi connectivity index (χ1n) is 5.50. The third-order valence-electron chi connectivity index (χ3n) is 2.58. The molecule has 1 aromatic heterocycles. The van der Waals surface area contributed by atoms with Gasteiger partial charge in [0.05, 0.1) is 20.9 Å². The lowest BCUT2D eigenvalue weighted by Crippen LogP contribution is -1.90. The molecule has 3 N–H and O–H groups in total. The molecule has 0 radical (unpaired) electrons. The smallest absolute Gasteiger partial charge is 0.188 e. The molecule has 0 atom stereocenters. The fourth-order valence-corrected chi connectivity index (χ4v) is 3.16. The topological polar surface area (TPSA) is 50.9 Å². The molecule has 0 aliphatic rings. The number of nitrogen functional groups attached to an aromatic ring is 1. The lowest BCUT2D eigenvalue weighted by atomic mass is 10.3.